The molecule has 0 aliphatic carbocycles. The first kappa shape index (κ1) is 20.8. The quantitative estimate of drug-likeness (QED) is 0.637. The average Bonchev–Trinajstić information content (AvgIpc) is 3.23. The number of nitrogens with zero attached hydrogens (tertiary/aromatic N) is 2. The third-order valence-electron chi connectivity index (χ3n) is 5.88. The lowest BCUT2D eigenvalue weighted by atomic mass is 10.00. The maximum absolute atomic E-state index is 12.8. The predicted molar refractivity (Wildman–Crippen MR) is 117 cm³/mol. The zero-order valence-corrected chi connectivity index (χ0v) is 18.9. The molecule has 0 N–H and O–H groups in total. The van der Waals surface area contributed by atoms with Crippen molar-refractivity contribution >= 4 is 32.6 Å². The highest BCUT2D eigenvalue weighted by atomic mass is 79.9. The number of benzene rings is 1. The minimum Gasteiger partial charge on any atom is -0.455 e. The highest BCUT2D eigenvalue weighted by Gasteiger charge is 2.29. The molecule has 1 atom stereocenters. The van der Waals surface area contributed by atoms with Gasteiger partial charge in [0.25, 0.3) is 5.91 Å². The molecule has 2 aromatic rings. The summed E-state index contributed by atoms with van der Waals surface area (Å²) in [6, 6.07) is 11.5. The van der Waals surface area contributed by atoms with E-state index in [-0.39, 0.29) is 11.7 Å². The molecule has 1 amide bonds. The normalized spacial score (nSPS) is 20.0. The molecule has 0 bridgehead atoms. The minimum atomic E-state index is -1.20. The molecule has 4 rings (SSSR count). The summed E-state index contributed by atoms with van der Waals surface area (Å²) in [4.78, 5) is 18.1. The van der Waals surface area contributed by atoms with Gasteiger partial charge in [-0.05, 0) is 75.2 Å². The number of carbonyl (C=O) groups is 1. The summed E-state index contributed by atoms with van der Waals surface area (Å²) >= 11 is 3.38. The van der Waals surface area contributed by atoms with Crippen LogP contribution in [0.5, 0.6) is 0 Å². The summed E-state index contributed by atoms with van der Waals surface area (Å²) < 4.78 is 19.2. The van der Waals surface area contributed by atoms with Gasteiger partial charge >= 0.3 is 0 Å². The summed E-state index contributed by atoms with van der Waals surface area (Å²) in [5, 5.41) is 0. The molecule has 2 saturated heterocycles. The van der Waals surface area contributed by atoms with Crippen molar-refractivity contribution in [2.75, 3.05) is 26.2 Å². The zero-order chi connectivity index (χ0) is 20.2. The van der Waals surface area contributed by atoms with Gasteiger partial charge in [-0.2, -0.15) is 0 Å². The third-order valence-corrected chi connectivity index (χ3v) is 7.75. The third kappa shape index (κ3) is 5.19. The Morgan fingerprint density at radius 3 is 2.38 bits per heavy atom. The van der Waals surface area contributed by atoms with E-state index in [4.69, 9.17) is 4.42 Å². The zero-order valence-electron chi connectivity index (χ0n) is 16.5. The molecule has 0 unspecified atom stereocenters. The van der Waals surface area contributed by atoms with Crippen molar-refractivity contribution in [3.8, 4) is 0 Å². The van der Waals surface area contributed by atoms with E-state index in [1.807, 2.05) is 29.2 Å². The number of hydrogen-bond acceptors (Lipinski definition) is 4. The first-order chi connectivity index (χ1) is 14.1. The average molecular weight is 479 g/mol. The van der Waals surface area contributed by atoms with Crippen molar-refractivity contribution in [1.82, 2.24) is 9.80 Å². The van der Waals surface area contributed by atoms with Crippen LogP contribution >= 0.6 is 15.9 Å². The molecule has 29 heavy (non-hydrogen) atoms. The molecule has 0 spiro atoms. The molecule has 7 heteroatoms. The van der Waals surface area contributed by atoms with Crippen molar-refractivity contribution in [3.05, 3.63) is 52.4 Å². The fourth-order valence-corrected chi connectivity index (χ4v) is 5.53. The highest BCUT2D eigenvalue weighted by Crippen LogP contribution is 2.23. The molecule has 2 aliphatic rings. The standard InChI is InChI=1S/C22H27BrN2O3S/c23-17-4-7-20(8-5-17)29(27)16-19-6-9-21(28-19)22(26)25-14-10-18(11-15-25)24-12-2-1-3-13-24/h4-9,18H,1-3,10-16H2/t29-/m1/s1. The smallest absolute Gasteiger partial charge is 0.289 e. The topological polar surface area (TPSA) is 53.8 Å². The number of halogens is 1. The Morgan fingerprint density at radius 1 is 1.00 bits per heavy atom. The molecule has 2 aliphatic heterocycles. The predicted octanol–water partition coefficient (Wildman–Crippen LogP) is 4.44. The van der Waals surface area contributed by atoms with Crippen LogP contribution in [0.4, 0.5) is 0 Å². The van der Waals surface area contributed by atoms with Crippen molar-refractivity contribution in [2.45, 2.75) is 48.8 Å². The Labute approximate surface area is 183 Å². The van der Waals surface area contributed by atoms with Gasteiger partial charge in [-0.25, -0.2) is 0 Å². The van der Waals surface area contributed by atoms with Crippen molar-refractivity contribution in [1.29, 1.82) is 0 Å². The van der Waals surface area contributed by atoms with Crippen LogP contribution in [-0.4, -0.2) is 52.1 Å². The van der Waals surface area contributed by atoms with Gasteiger partial charge in [0, 0.05) is 28.5 Å². The lowest BCUT2D eigenvalue weighted by Gasteiger charge is -2.40. The molecular weight excluding hydrogens is 452 g/mol. The molecule has 2 fully saturated rings. The van der Waals surface area contributed by atoms with E-state index in [2.05, 4.69) is 20.8 Å². The van der Waals surface area contributed by atoms with E-state index in [0.717, 1.165) is 35.3 Å². The molecule has 1 aromatic heterocycles. The van der Waals surface area contributed by atoms with Gasteiger partial charge < -0.3 is 14.2 Å². The van der Waals surface area contributed by atoms with Crippen LogP contribution in [0.2, 0.25) is 0 Å². The van der Waals surface area contributed by atoms with E-state index >= 15 is 0 Å². The maximum Gasteiger partial charge on any atom is 0.289 e. The van der Waals surface area contributed by atoms with Crippen LogP contribution in [0.25, 0.3) is 0 Å². The van der Waals surface area contributed by atoms with Crippen LogP contribution in [-0.2, 0) is 16.6 Å². The number of hydrogen-bond donors (Lipinski definition) is 0. The highest BCUT2D eigenvalue weighted by molar-refractivity contribution is 9.10. The minimum absolute atomic E-state index is 0.0530. The Bertz CT molecular complexity index is 853. The van der Waals surface area contributed by atoms with Gasteiger partial charge in [-0.1, -0.05) is 22.4 Å². The van der Waals surface area contributed by atoms with Gasteiger partial charge in [0.05, 0.1) is 16.6 Å². The van der Waals surface area contributed by atoms with E-state index in [1.54, 1.807) is 12.1 Å². The molecule has 156 valence electrons. The number of carbonyl (C=O) groups excluding carboxylic acids is 1. The number of furan rings is 1. The fraction of sp³-hybridized carbons (Fsp3) is 0.500. The SMILES string of the molecule is O=C(c1ccc(C[S@@](=O)c2ccc(Br)cc2)o1)N1CCC(N2CCCCC2)CC1. The molecule has 5 nitrogen and oxygen atoms in total. The van der Waals surface area contributed by atoms with E-state index in [0.29, 0.717) is 17.6 Å². The van der Waals surface area contributed by atoms with Crippen LogP contribution in [0.15, 0.2) is 50.2 Å². The second kappa shape index (κ2) is 9.58. The number of amides is 1. The molecular formula is C22H27BrN2O3S. The van der Waals surface area contributed by atoms with Crippen molar-refractivity contribution < 1.29 is 13.4 Å². The fourth-order valence-electron chi connectivity index (χ4n) is 4.24. The first-order valence-corrected chi connectivity index (χ1v) is 12.5. The molecule has 0 radical (unpaired) electrons. The van der Waals surface area contributed by atoms with Gasteiger partial charge in [0.1, 0.15) is 5.76 Å². The van der Waals surface area contributed by atoms with Crippen LogP contribution < -0.4 is 0 Å². The molecule has 3 heterocycles. The van der Waals surface area contributed by atoms with E-state index in [9.17, 15) is 9.00 Å². The summed E-state index contributed by atoms with van der Waals surface area (Å²) in [7, 11) is -1.20. The van der Waals surface area contributed by atoms with Crippen LogP contribution in [0, 0.1) is 0 Å². The summed E-state index contributed by atoms with van der Waals surface area (Å²) in [5.41, 5.74) is 0. The lowest BCUT2D eigenvalue weighted by molar-refractivity contribution is 0.0561. The number of rotatable bonds is 5. The van der Waals surface area contributed by atoms with Crippen LogP contribution in [0.1, 0.15) is 48.4 Å². The van der Waals surface area contributed by atoms with Gasteiger partial charge in [-0.3, -0.25) is 9.00 Å². The molecule has 1 aromatic carbocycles. The van der Waals surface area contributed by atoms with Crippen LogP contribution in [0.3, 0.4) is 0 Å². The second-order valence-electron chi connectivity index (χ2n) is 7.83. The van der Waals surface area contributed by atoms with E-state index in [1.165, 1.54) is 32.4 Å². The monoisotopic (exact) mass is 478 g/mol. The van der Waals surface area contributed by atoms with Gasteiger partial charge in [0.15, 0.2) is 5.76 Å². The Balaban J connectivity index is 1.31. The summed E-state index contributed by atoms with van der Waals surface area (Å²) in [6.45, 7) is 3.97. The van der Waals surface area contributed by atoms with Crippen molar-refractivity contribution in [3.63, 3.8) is 0 Å². The summed E-state index contributed by atoms with van der Waals surface area (Å²) in [5.74, 6) is 1.15. The Hall–Kier alpha value is -1.44. The largest absolute Gasteiger partial charge is 0.455 e. The lowest BCUT2D eigenvalue weighted by Crippen LogP contribution is -2.48. The summed E-state index contributed by atoms with van der Waals surface area (Å²) in [6.07, 6.45) is 6.02. The maximum atomic E-state index is 12.8. The first-order valence-electron chi connectivity index (χ1n) is 10.4. The van der Waals surface area contributed by atoms with E-state index < -0.39 is 10.8 Å². The van der Waals surface area contributed by atoms with Gasteiger partial charge in [0.2, 0.25) is 0 Å². The Morgan fingerprint density at radius 2 is 1.69 bits per heavy atom. The van der Waals surface area contributed by atoms with Crippen molar-refractivity contribution in [2.24, 2.45) is 0 Å². The van der Waals surface area contributed by atoms with Gasteiger partial charge in [-0.15, -0.1) is 0 Å². The number of likely N-dealkylation sites (tertiary alicyclic amines) is 2. The molecule has 0 saturated carbocycles. The Kier molecular flexibility index (Phi) is 6.88. The number of piperidine rings is 2. The second-order valence-corrected chi connectivity index (χ2v) is 10.2.